The highest BCUT2D eigenvalue weighted by Gasteiger charge is 2.25. The third kappa shape index (κ3) is 3.36. The minimum Gasteiger partial charge on any atom is -0.462 e. The van der Waals surface area contributed by atoms with Crippen molar-refractivity contribution < 1.29 is 14.3 Å². The van der Waals surface area contributed by atoms with Crippen LogP contribution in [0, 0.1) is 6.92 Å². The summed E-state index contributed by atoms with van der Waals surface area (Å²) < 4.78 is 5.02. The summed E-state index contributed by atoms with van der Waals surface area (Å²) >= 11 is 1.68. The van der Waals surface area contributed by atoms with Gasteiger partial charge in [-0.1, -0.05) is 6.42 Å². The first-order valence-corrected chi connectivity index (χ1v) is 7.96. The predicted octanol–water partition coefficient (Wildman–Crippen LogP) is 2.72. The van der Waals surface area contributed by atoms with Gasteiger partial charge in [0.25, 0.3) is 0 Å². The number of ether oxygens (including phenoxy) is 1. The van der Waals surface area contributed by atoms with E-state index in [0.717, 1.165) is 18.6 Å². The third-order valence-corrected chi connectivity index (χ3v) is 4.66. The average molecular weight is 296 g/mol. The Labute approximate surface area is 122 Å². The molecule has 20 heavy (non-hydrogen) atoms. The Balaban J connectivity index is 2.09. The van der Waals surface area contributed by atoms with Crippen LogP contribution in [0.2, 0.25) is 0 Å². The molecule has 5 nitrogen and oxygen atoms in total. The van der Waals surface area contributed by atoms with E-state index in [2.05, 4.69) is 10.3 Å². The quantitative estimate of drug-likeness (QED) is 0.838. The lowest BCUT2D eigenvalue weighted by Gasteiger charge is -2.20. The number of carbonyl (C=O) groups is 2. The average Bonchev–Trinajstić information content (AvgIpc) is 2.81. The fourth-order valence-electron chi connectivity index (χ4n) is 2.25. The fourth-order valence-corrected chi connectivity index (χ4v) is 3.45. The van der Waals surface area contributed by atoms with Gasteiger partial charge in [0.05, 0.1) is 17.5 Å². The fraction of sp³-hybridized carbons (Fsp3) is 0.571. The number of anilines is 1. The Morgan fingerprint density at radius 1 is 1.50 bits per heavy atom. The molecule has 2 N–H and O–H groups in total. The number of aryl methyl sites for hydroxylation is 1. The molecule has 0 spiro atoms. The number of aromatic amines is 1. The van der Waals surface area contributed by atoms with Gasteiger partial charge in [-0.3, -0.25) is 4.79 Å². The maximum absolute atomic E-state index is 12.2. The lowest BCUT2D eigenvalue weighted by atomic mass is 10.1. The molecule has 1 amide bonds. The molecule has 2 heterocycles. The standard InChI is InChI=1S/C14H20N2O3S/c1-3-19-14(18)12-9(2)15-8-10(12)16-13(17)11-6-4-5-7-20-11/h8,11,15H,3-7H2,1-2H3,(H,16,17). The molecule has 2 rings (SSSR count). The summed E-state index contributed by atoms with van der Waals surface area (Å²) in [6, 6.07) is 0. The highest BCUT2D eigenvalue weighted by atomic mass is 32.2. The first-order valence-electron chi connectivity index (χ1n) is 6.91. The van der Waals surface area contributed by atoms with E-state index < -0.39 is 5.97 Å². The Bertz CT molecular complexity index is 493. The molecule has 1 aliphatic heterocycles. The van der Waals surface area contributed by atoms with Gasteiger partial charge in [0.1, 0.15) is 5.56 Å². The van der Waals surface area contributed by atoms with E-state index >= 15 is 0 Å². The molecule has 0 radical (unpaired) electrons. The molecule has 0 bridgehead atoms. The molecule has 6 heteroatoms. The number of thioether (sulfide) groups is 1. The second-order valence-electron chi connectivity index (χ2n) is 4.77. The van der Waals surface area contributed by atoms with Gasteiger partial charge in [-0.05, 0) is 32.4 Å². The molecule has 1 aromatic rings. The summed E-state index contributed by atoms with van der Waals surface area (Å²) in [7, 11) is 0. The number of esters is 1. The Hall–Kier alpha value is -1.43. The van der Waals surface area contributed by atoms with Crippen LogP contribution >= 0.6 is 11.8 Å². The van der Waals surface area contributed by atoms with Crippen molar-refractivity contribution in [3.05, 3.63) is 17.5 Å². The number of hydrogen-bond donors (Lipinski definition) is 2. The van der Waals surface area contributed by atoms with Crippen LogP contribution in [0.4, 0.5) is 5.69 Å². The van der Waals surface area contributed by atoms with Crippen LogP contribution in [0.5, 0.6) is 0 Å². The minimum atomic E-state index is -0.405. The first kappa shape index (κ1) is 15.0. The van der Waals surface area contributed by atoms with Crippen LogP contribution < -0.4 is 5.32 Å². The molecule has 1 saturated heterocycles. The molecule has 1 aliphatic rings. The zero-order valence-corrected chi connectivity index (χ0v) is 12.6. The topological polar surface area (TPSA) is 71.2 Å². The van der Waals surface area contributed by atoms with Crippen LogP contribution in [0.15, 0.2) is 6.20 Å². The number of hydrogen-bond acceptors (Lipinski definition) is 4. The van der Waals surface area contributed by atoms with Crippen LogP contribution in [0.3, 0.4) is 0 Å². The van der Waals surface area contributed by atoms with Crippen molar-refractivity contribution in [3.63, 3.8) is 0 Å². The smallest absolute Gasteiger partial charge is 0.342 e. The van der Waals surface area contributed by atoms with Crippen molar-refractivity contribution in [2.24, 2.45) is 0 Å². The van der Waals surface area contributed by atoms with Crippen molar-refractivity contribution in [1.82, 2.24) is 4.98 Å². The zero-order valence-electron chi connectivity index (χ0n) is 11.8. The highest BCUT2D eigenvalue weighted by Crippen LogP contribution is 2.27. The Morgan fingerprint density at radius 2 is 2.30 bits per heavy atom. The van der Waals surface area contributed by atoms with E-state index in [1.807, 2.05) is 0 Å². The molecular weight excluding hydrogens is 276 g/mol. The van der Waals surface area contributed by atoms with Crippen molar-refractivity contribution in [2.75, 3.05) is 17.7 Å². The number of carbonyl (C=O) groups excluding carboxylic acids is 2. The normalized spacial score (nSPS) is 18.6. The lowest BCUT2D eigenvalue weighted by Crippen LogP contribution is -2.28. The summed E-state index contributed by atoms with van der Waals surface area (Å²) in [6.45, 7) is 3.86. The largest absolute Gasteiger partial charge is 0.462 e. The number of H-pyrrole nitrogens is 1. The molecule has 1 atom stereocenters. The summed E-state index contributed by atoms with van der Waals surface area (Å²) in [5, 5.41) is 2.83. The molecular formula is C14H20N2O3S. The van der Waals surface area contributed by atoms with Gasteiger partial charge in [0, 0.05) is 11.9 Å². The second-order valence-corrected chi connectivity index (χ2v) is 6.08. The minimum absolute atomic E-state index is 0.0194. The molecule has 0 aliphatic carbocycles. The van der Waals surface area contributed by atoms with Gasteiger partial charge in [-0.15, -0.1) is 11.8 Å². The van der Waals surface area contributed by atoms with Gasteiger partial charge in [-0.2, -0.15) is 0 Å². The lowest BCUT2D eigenvalue weighted by molar-refractivity contribution is -0.115. The van der Waals surface area contributed by atoms with Crippen molar-refractivity contribution >= 4 is 29.3 Å². The SMILES string of the molecule is CCOC(=O)c1c(NC(=O)C2CCCCS2)c[nH]c1C. The van der Waals surface area contributed by atoms with Gasteiger partial charge in [0.2, 0.25) is 5.91 Å². The molecule has 1 aromatic heterocycles. The maximum atomic E-state index is 12.2. The van der Waals surface area contributed by atoms with Crippen molar-refractivity contribution in [1.29, 1.82) is 0 Å². The van der Waals surface area contributed by atoms with Crippen LogP contribution in [-0.2, 0) is 9.53 Å². The van der Waals surface area contributed by atoms with Gasteiger partial charge in [0.15, 0.2) is 0 Å². The predicted molar refractivity (Wildman–Crippen MR) is 80.2 cm³/mol. The maximum Gasteiger partial charge on any atom is 0.342 e. The molecule has 1 unspecified atom stereocenters. The van der Waals surface area contributed by atoms with Gasteiger partial charge in [-0.25, -0.2) is 4.79 Å². The Kier molecular flexibility index (Phi) is 5.11. The van der Waals surface area contributed by atoms with Gasteiger partial charge >= 0.3 is 5.97 Å². The van der Waals surface area contributed by atoms with E-state index in [-0.39, 0.29) is 11.2 Å². The molecule has 110 valence electrons. The van der Waals surface area contributed by atoms with E-state index in [9.17, 15) is 9.59 Å². The zero-order chi connectivity index (χ0) is 14.5. The van der Waals surface area contributed by atoms with E-state index in [1.54, 1.807) is 31.8 Å². The monoisotopic (exact) mass is 296 g/mol. The Morgan fingerprint density at radius 3 is 2.95 bits per heavy atom. The number of nitrogens with one attached hydrogen (secondary N) is 2. The third-order valence-electron chi connectivity index (χ3n) is 3.29. The number of aromatic nitrogens is 1. The van der Waals surface area contributed by atoms with E-state index in [1.165, 1.54) is 6.42 Å². The number of rotatable bonds is 4. The van der Waals surface area contributed by atoms with Gasteiger partial charge < -0.3 is 15.0 Å². The molecule has 0 saturated carbocycles. The highest BCUT2D eigenvalue weighted by molar-refractivity contribution is 8.00. The van der Waals surface area contributed by atoms with Crippen LogP contribution in [0.1, 0.15) is 42.2 Å². The summed E-state index contributed by atoms with van der Waals surface area (Å²) in [4.78, 5) is 27.1. The van der Waals surface area contributed by atoms with E-state index in [0.29, 0.717) is 23.6 Å². The van der Waals surface area contributed by atoms with Crippen LogP contribution in [-0.4, -0.2) is 34.5 Å². The second kappa shape index (κ2) is 6.83. The molecule has 1 fully saturated rings. The molecule has 0 aromatic carbocycles. The van der Waals surface area contributed by atoms with Crippen molar-refractivity contribution in [2.45, 2.75) is 38.4 Å². The summed E-state index contributed by atoms with van der Waals surface area (Å²) in [5.74, 6) is 0.590. The summed E-state index contributed by atoms with van der Waals surface area (Å²) in [5.41, 5.74) is 1.63. The van der Waals surface area contributed by atoms with Crippen molar-refractivity contribution in [3.8, 4) is 0 Å². The first-order chi connectivity index (χ1) is 9.63. The number of amides is 1. The summed E-state index contributed by atoms with van der Waals surface area (Å²) in [6.07, 6.45) is 4.80. The van der Waals surface area contributed by atoms with Crippen LogP contribution in [0.25, 0.3) is 0 Å². The van der Waals surface area contributed by atoms with E-state index in [4.69, 9.17) is 4.74 Å².